The fraction of sp³-hybridized carbons (Fsp3) is 0.364. The molecule has 0 aliphatic rings. The van der Waals surface area contributed by atoms with Crippen LogP contribution in [0.2, 0.25) is 0 Å². The van der Waals surface area contributed by atoms with Crippen molar-refractivity contribution in [2.45, 2.75) is 19.2 Å². The fourth-order valence-corrected chi connectivity index (χ4v) is 1.57. The van der Waals surface area contributed by atoms with E-state index in [0.717, 1.165) is 6.92 Å². The summed E-state index contributed by atoms with van der Waals surface area (Å²) in [4.78, 5) is 11.6. The van der Waals surface area contributed by atoms with E-state index in [2.05, 4.69) is 20.7 Å². The molecule has 0 aromatic heterocycles. The van der Waals surface area contributed by atoms with Crippen LogP contribution in [0.5, 0.6) is 0 Å². The number of hydrogen-bond donors (Lipinski definition) is 0. The quantitative estimate of drug-likeness (QED) is 0.794. The second-order valence-corrected chi connectivity index (χ2v) is 4.25. The van der Waals surface area contributed by atoms with Gasteiger partial charge in [-0.25, -0.2) is 0 Å². The number of benzene rings is 1. The summed E-state index contributed by atoms with van der Waals surface area (Å²) in [5.41, 5.74) is 0.307. The van der Waals surface area contributed by atoms with Gasteiger partial charge in [0.1, 0.15) is 6.61 Å². The average Bonchev–Trinajstić information content (AvgIpc) is 2.24. The van der Waals surface area contributed by atoms with Crippen LogP contribution < -0.4 is 0 Å². The molecule has 0 bridgehead atoms. The normalized spacial score (nSPS) is 13.5. The minimum atomic E-state index is -4.45. The minimum Gasteiger partial charge on any atom is -0.361 e. The molecule has 6 heteroatoms. The summed E-state index contributed by atoms with van der Waals surface area (Å²) in [6, 6.07) is 6.50. The van der Waals surface area contributed by atoms with Gasteiger partial charge in [0.05, 0.1) is 0 Å². The first-order chi connectivity index (χ1) is 7.82. The van der Waals surface area contributed by atoms with E-state index in [-0.39, 0.29) is 0 Å². The zero-order valence-corrected chi connectivity index (χ0v) is 10.5. The van der Waals surface area contributed by atoms with Gasteiger partial charge in [0, 0.05) is 10.0 Å². The Labute approximate surface area is 105 Å². The van der Waals surface area contributed by atoms with Crippen molar-refractivity contribution in [1.82, 2.24) is 0 Å². The predicted molar refractivity (Wildman–Crippen MR) is 59.9 cm³/mol. The molecule has 1 aromatic carbocycles. The summed E-state index contributed by atoms with van der Waals surface area (Å²) < 4.78 is 41.4. The van der Waals surface area contributed by atoms with E-state index in [4.69, 9.17) is 0 Å². The van der Waals surface area contributed by atoms with Crippen LogP contribution >= 0.6 is 15.9 Å². The first-order valence-electron chi connectivity index (χ1n) is 4.78. The molecular formula is C11H10BrF3O2. The van der Waals surface area contributed by atoms with E-state index >= 15 is 0 Å². The summed E-state index contributed by atoms with van der Waals surface area (Å²) in [5.74, 6) is -0.492. The molecule has 2 nitrogen and oxygen atoms in total. The Morgan fingerprint density at radius 1 is 1.41 bits per heavy atom. The van der Waals surface area contributed by atoms with Gasteiger partial charge in [-0.2, -0.15) is 13.2 Å². The number of rotatable bonds is 4. The van der Waals surface area contributed by atoms with Crippen molar-refractivity contribution in [2.75, 3.05) is 6.61 Å². The molecule has 0 radical (unpaired) electrons. The van der Waals surface area contributed by atoms with Gasteiger partial charge in [0.25, 0.3) is 0 Å². The van der Waals surface area contributed by atoms with Crippen molar-refractivity contribution in [1.29, 1.82) is 0 Å². The first-order valence-corrected chi connectivity index (χ1v) is 5.57. The third kappa shape index (κ3) is 4.12. The Morgan fingerprint density at radius 2 is 2.00 bits per heavy atom. The molecule has 0 amide bonds. The van der Waals surface area contributed by atoms with E-state index in [0.29, 0.717) is 10.0 Å². The number of hydrogen-bond acceptors (Lipinski definition) is 2. The molecule has 0 heterocycles. The minimum absolute atomic E-state index is 0.307. The van der Waals surface area contributed by atoms with Crippen molar-refractivity contribution in [3.8, 4) is 0 Å². The standard InChI is InChI=1S/C11H10BrF3O2/c1-7(11(13,14)15)17-6-10(16)8-4-2-3-5-9(8)12/h2-5,7H,6H2,1H3. The second-order valence-electron chi connectivity index (χ2n) is 3.40. The predicted octanol–water partition coefficient (Wildman–Crippen LogP) is 3.60. The number of ketones is 1. The van der Waals surface area contributed by atoms with Crippen LogP contribution in [-0.4, -0.2) is 24.7 Å². The summed E-state index contributed by atoms with van der Waals surface area (Å²) in [6.45, 7) is 0.274. The van der Waals surface area contributed by atoms with Gasteiger partial charge in [0.2, 0.25) is 0 Å². The molecule has 0 saturated heterocycles. The van der Waals surface area contributed by atoms with Crippen LogP contribution in [0, 0.1) is 0 Å². The largest absolute Gasteiger partial charge is 0.414 e. The van der Waals surface area contributed by atoms with E-state index in [1.54, 1.807) is 18.2 Å². The molecule has 0 spiro atoms. The maximum Gasteiger partial charge on any atom is 0.414 e. The summed E-state index contributed by atoms with van der Waals surface area (Å²) >= 11 is 3.14. The van der Waals surface area contributed by atoms with Gasteiger partial charge < -0.3 is 4.74 Å². The maximum absolute atomic E-state index is 12.1. The number of carbonyl (C=O) groups excluding carboxylic acids is 1. The van der Waals surface area contributed by atoms with Crippen molar-refractivity contribution in [3.05, 3.63) is 34.3 Å². The molecule has 0 fully saturated rings. The third-order valence-electron chi connectivity index (χ3n) is 2.10. The average molecular weight is 311 g/mol. The van der Waals surface area contributed by atoms with Crippen molar-refractivity contribution in [3.63, 3.8) is 0 Å². The van der Waals surface area contributed by atoms with E-state index in [1.165, 1.54) is 6.07 Å². The second kappa shape index (κ2) is 5.64. The summed E-state index contributed by atoms with van der Waals surface area (Å²) in [7, 11) is 0. The number of halogens is 4. The highest BCUT2D eigenvalue weighted by atomic mass is 79.9. The molecule has 0 aliphatic carbocycles. The topological polar surface area (TPSA) is 26.3 Å². The first kappa shape index (κ1) is 14.2. The van der Waals surface area contributed by atoms with Crippen molar-refractivity contribution < 1.29 is 22.7 Å². The van der Waals surface area contributed by atoms with Crippen molar-refractivity contribution >= 4 is 21.7 Å². The van der Waals surface area contributed by atoms with Crippen LogP contribution in [-0.2, 0) is 4.74 Å². The SMILES string of the molecule is CC(OCC(=O)c1ccccc1Br)C(F)(F)F. The smallest absolute Gasteiger partial charge is 0.361 e. The third-order valence-corrected chi connectivity index (χ3v) is 2.79. The fourth-order valence-electron chi connectivity index (χ4n) is 1.06. The van der Waals surface area contributed by atoms with E-state index in [1.807, 2.05) is 0 Å². The van der Waals surface area contributed by atoms with Crippen molar-refractivity contribution in [2.24, 2.45) is 0 Å². The highest BCUT2D eigenvalue weighted by Gasteiger charge is 2.37. The number of carbonyl (C=O) groups is 1. The monoisotopic (exact) mass is 310 g/mol. The molecule has 0 saturated carbocycles. The molecule has 1 atom stereocenters. The molecular weight excluding hydrogens is 301 g/mol. The molecule has 1 aromatic rings. The number of ether oxygens (including phenoxy) is 1. The number of Topliss-reactive ketones (excluding diaryl/α,β-unsaturated/α-hetero) is 1. The Kier molecular flexibility index (Phi) is 4.70. The van der Waals surface area contributed by atoms with E-state index < -0.39 is 24.7 Å². The highest BCUT2D eigenvalue weighted by molar-refractivity contribution is 9.10. The van der Waals surface area contributed by atoms with Crippen LogP contribution in [0.1, 0.15) is 17.3 Å². The lowest BCUT2D eigenvalue weighted by Gasteiger charge is -2.15. The Morgan fingerprint density at radius 3 is 2.53 bits per heavy atom. The molecule has 94 valence electrons. The van der Waals surface area contributed by atoms with Crippen LogP contribution in [0.15, 0.2) is 28.7 Å². The number of alkyl halides is 3. The Bertz CT molecular complexity index is 404. The van der Waals surface area contributed by atoms with Crippen LogP contribution in [0.3, 0.4) is 0 Å². The van der Waals surface area contributed by atoms with Crippen LogP contribution in [0.4, 0.5) is 13.2 Å². The van der Waals surface area contributed by atoms with Gasteiger partial charge in [-0.15, -0.1) is 0 Å². The highest BCUT2D eigenvalue weighted by Crippen LogP contribution is 2.23. The maximum atomic E-state index is 12.1. The lowest BCUT2D eigenvalue weighted by atomic mass is 10.1. The van der Waals surface area contributed by atoms with Gasteiger partial charge in [-0.05, 0) is 13.0 Å². The van der Waals surface area contributed by atoms with Gasteiger partial charge in [0.15, 0.2) is 11.9 Å². The molecule has 1 unspecified atom stereocenters. The van der Waals surface area contributed by atoms with Gasteiger partial charge in [-0.1, -0.05) is 34.1 Å². The van der Waals surface area contributed by atoms with Crippen LogP contribution in [0.25, 0.3) is 0 Å². The van der Waals surface area contributed by atoms with E-state index in [9.17, 15) is 18.0 Å². The van der Waals surface area contributed by atoms with Gasteiger partial charge in [-0.3, -0.25) is 4.79 Å². The summed E-state index contributed by atoms with van der Waals surface area (Å²) in [6.07, 6.45) is -6.40. The molecule has 0 N–H and O–H groups in total. The molecule has 0 aliphatic heterocycles. The lowest BCUT2D eigenvalue weighted by Crippen LogP contribution is -2.30. The summed E-state index contributed by atoms with van der Waals surface area (Å²) in [5, 5.41) is 0. The Hall–Kier alpha value is -0.880. The Balaban J connectivity index is 2.60. The zero-order chi connectivity index (χ0) is 13.1. The zero-order valence-electron chi connectivity index (χ0n) is 8.92. The molecule has 17 heavy (non-hydrogen) atoms. The lowest BCUT2D eigenvalue weighted by molar-refractivity contribution is -0.210. The molecule has 1 rings (SSSR count). The van der Waals surface area contributed by atoms with Gasteiger partial charge >= 0.3 is 6.18 Å².